The van der Waals surface area contributed by atoms with Gasteiger partial charge in [0.25, 0.3) is 0 Å². The zero-order valence-electron chi connectivity index (χ0n) is 6.46. The number of hydrogen-bond donors (Lipinski definition) is 2. The number of rotatable bonds is 1. The summed E-state index contributed by atoms with van der Waals surface area (Å²) >= 11 is 0. The minimum atomic E-state index is -0.457. The molecule has 0 bridgehead atoms. The van der Waals surface area contributed by atoms with Gasteiger partial charge in [0.2, 0.25) is 0 Å². The molecule has 0 saturated heterocycles. The third-order valence-corrected chi connectivity index (χ3v) is 2.58. The van der Waals surface area contributed by atoms with Crippen molar-refractivity contribution in [3.63, 3.8) is 0 Å². The molecule has 2 aliphatic rings. The standard InChI is InChI=1S/C9H13NO/c11-9(5-3-6-9)8-4-1-2-7-10-8/h1-2,4,7-8,10-11H,3,5-6H2. The summed E-state index contributed by atoms with van der Waals surface area (Å²) < 4.78 is 0. The predicted molar refractivity (Wildman–Crippen MR) is 44.0 cm³/mol. The van der Waals surface area contributed by atoms with Crippen LogP contribution in [0, 0.1) is 0 Å². The van der Waals surface area contributed by atoms with Crippen molar-refractivity contribution in [1.82, 2.24) is 5.32 Å². The van der Waals surface area contributed by atoms with Crippen molar-refractivity contribution in [1.29, 1.82) is 0 Å². The van der Waals surface area contributed by atoms with E-state index in [9.17, 15) is 5.11 Å². The molecule has 1 unspecified atom stereocenters. The van der Waals surface area contributed by atoms with Crippen molar-refractivity contribution in [2.75, 3.05) is 0 Å². The van der Waals surface area contributed by atoms with E-state index in [4.69, 9.17) is 0 Å². The lowest BCUT2D eigenvalue weighted by molar-refractivity contribution is -0.0494. The molecular weight excluding hydrogens is 138 g/mol. The highest BCUT2D eigenvalue weighted by Crippen LogP contribution is 2.35. The molecule has 0 radical (unpaired) electrons. The molecule has 2 rings (SSSR count). The molecule has 2 nitrogen and oxygen atoms in total. The van der Waals surface area contributed by atoms with Gasteiger partial charge in [0.15, 0.2) is 0 Å². The van der Waals surface area contributed by atoms with E-state index in [0.29, 0.717) is 0 Å². The third-order valence-electron chi connectivity index (χ3n) is 2.58. The Bertz CT molecular complexity index is 204. The van der Waals surface area contributed by atoms with Crippen molar-refractivity contribution in [2.45, 2.75) is 30.9 Å². The minimum absolute atomic E-state index is 0.140. The lowest BCUT2D eigenvalue weighted by Gasteiger charge is -2.42. The third kappa shape index (κ3) is 1.07. The van der Waals surface area contributed by atoms with Crippen molar-refractivity contribution in [2.24, 2.45) is 0 Å². The van der Waals surface area contributed by atoms with Gasteiger partial charge < -0.3 is 10.4 Å². The Kier molecular flexibility index (Phi) is 1.50. The molecular formula is C9H13NO. The first kappa shape index (κ1) is 6.92. The SMILES string of the molecule is OC1(C2C=CC=CN2)CCC1. The second-order valence-electron chi connectivity index (χ2n) is 3.35. The summed E-state index contributed by atoms with van der Waals surface area (Å²) in [5.41, 5.74) is -0.457. The summed E-state index contributed by atoms with van der Waals surface area (Å²) in [6, 6.07) is 0.140. The summed E-state index contributed by atoms with van der Waals surface area (Å²) in [6.07, 6.45) is 10.9. The summed E-state index contributed by atoms with van der Waals surface area (Å²) in [6.45, 7) is 0. The highest BCUT2D eigenvalue weighted by atomic mass is 16.3. The van der Waals surface area contributed by atoms with E-state index >= 15 is 0 Å². The van der Waals surface area contributed by atoms with Gasteiger partial charge in [-0.1, -0.05) is 12.2 Å². The van der Waals surface area contributed by atoms with Crippen LogP contribution in [0.3, 0.4) is 0 Å². The van der Waals surface area contributed by atoms with E-state index < -0.39 is 5.60 Å². The largest absolute Gasteiger partial charge is 0.387 e. The van der Waals surface area contributed by atoms with E-state index in [2.05, 4.69) is 5.32 Å². The monoisotopic (exact) mass is 151 g/mol. The van der Waals surface area contributed by atoms with Gasteiger partial charge in [-0.15, -0.1) is 0 Å². The first-order valence-electron chi connectivity index (χ1n) is 4.13. The van der Waals surface area contributed by atoms with Crippen LogP contribution in [0.2, 0.25) is 0 Å². The molecule has 1 saturated carbocycles. The predicted octanol–water partition coefficient (Wildman–Crippen LogP) is 0.943. The maximum atomic E-state index is 9.89. The molecule has 1 aliphatic heterocycles. The minimum Gasteiger partial charge on any atom is -0.387 e. The highest BCUT2D eigenvalue weighted by molar-refractivity contribution is 5.18. The molecule has 1 atom stereocenters. The molecule has 2 heteroatoms. The van der Waals surface area contributed by atoms with Crippen molar-refractivity contribution in [3.05, 3.63) is 24.4 Å². The van der Waals surface area contributed by atoms with Crippen LogP contribution in [-0.4, -0.2) is 16.7 Å². The zero-order chi connectivity index (χ0) is 7.73. The summed E-state index contributed by atoms with van der Waals surface area (Å²) in [4.78, 5) is 0. The average molecular weight is 151 g/mol. The molecule has 0 amide bonds. The van der Waals surface area contributed by atoms with E-state index in [1.54, 1.807) is 0 Å². The average Bonchev–Trinajstić information content (AvgIpc) is 2.02. The molecule has 1 aliphatic carbocycles. The van der Waals surface area contributed by atoms with Crippen LogP contribution in [0.4, 0.5) is 0 Å². The van der Waals surface area contributed by atoms with Crippen molar-refractivity contribution in [3.8, 4) is 0 Å². The van der Waals surface area contributed by atoms with Gasteiger partial charge in [-0.05, 0) is 31.5 Å². The Morgan fingerprint density at radius 2 is 2.18 bits per heavy atom. The van der Waals surface area contributed by atoms with Crippen LogP contribution in [0.25, 0.3) is 0 Å². The van der Waals surface area contributed by atoms with E-state index in [0.717, 1.165) is 19.3 Å². The fourth-order valence-electron chi connectivity index (χ4n) is 1.63. The van der Waals surface area contributed by atoms with Gasteiger partial charge in [0.05, 0.1) is 11.6 Å². The second kappa shape index (κ2) is 2.38. The van der Waals surface area contributed by atoms with Gasteiger partial charge >= 0.3 is 0 Å². The molecule has 60 valence electrons. The van der Waals surface area contributed by atoms with E-state index in [1.165, 1.54) is 0 Å². The second-order valence-corrected chi connectivity index (χ2v) is 3.35. The Balaban J connectivity index is 2.04. The number of aliphatic hydroxyl groups is 1. The Labute approximate surface area is 66.6 Å². The van der Waals surface area contributed by atoms with Gasteiger partial charge in [0.1, 0.15) is 0 Å². The molecule has 0 spiro atoms. The normalized spacial score (nSPS) is 32.6. The highest BCUT2D eigenvalue weighted by Gasteiger charge is 2.40. The first-order valence-corrected chi connectivity index (χ1v) is 4.13. The topological polar surface area (TPSA) is 32.3 Å². The number of allylic oxidation sites excluding steroid dienone is 2. The fraction of sp³-hybridized carbons (Fsp3) is 0.556. The first-order chi connectivity index (χ1) is 5.31. The van der Waals surface area contributed by atoms with Gasteiger partial charge in [-0.2, -0.15) is 0 Å². The van der Waals surface area contributed by atoms with E-state index in [-0.39, 0.29) is 6.04 Å². The van der Waals surface area contributed by atoms with Crippen LogP contribution in [0.15, 0.2) is 24.4 Å². The lowest BCUT2D eigenvalue weighted by atomic mass is 9.74. The molecule has 11 heavy (non-hydrogen) atoms. The molecule has 1 heterocycles. The maximum Gasteiger partial charge on any atom is 0.0883 e. The molecule has 1 fully saturated rings. The van der Waals surface area contributed by atoms with Gasteiger partial charge in [-0.3, -0.25) is 0 Å². The zero-order valence-corrected chi connectivity index (χ0v) is 6.46. The van der Waals surface area contributed by atoms with Crippen LogP contribution in [0.5, 0.6) is 0 Å². The summed E-state index contributed by atoms with van der Waals surface area (Å²) in [5.74, 6) is 0. The Hall–Kier alpha value is -0.760. The lowest BCUT2D eigenvalue weighted by Crippen LogP contribution is -2.53. The van der Waals surface area contributed by atoms with Crippen LogP contribution in [-0.2, 0) is 0 Å². The molecule has 0 aromatic heterocycles. The Morgan fingerprint density at radius 3 is 2.64 bits per heavy atom. The van der Waals surface area contributed by atoms with Crippen LogP contribution in [0.1, 0.15) is 19.3 Å². The van der Waals surface area contributed by atoms with Crippen molar-refractivity contribution < 1.29 is 5.11 Å². The summed E-state index contributed by atoms with van der Waals surface area (Å²) in [5, 5.41) is 13.0. The molecule has 0 aromatic rings. The van der Waals surface area contributed by atoms with Gasteiger partial charge in [-0.25, -0.2) is 0 Å². The number of dihydropyridines is 1. The summed E-state index contributed by atoms with van der Waals surface area (Å²) in [7, 11) is 0. The Morgan fingerprint density at radius 1 is 1.36 bits per heavy atom. The number of nitrogens with one attached hydrogen (secondary N) is 1. The quantitative estimate of drug-likeness (QED) is 0.584. The number of hydrogen-bond acceptors (Lipinski definition) is 2. The molecule has 0 aromatic carbocycles. The van der Waals surface area contributed by atoms with Crippen LogP contribution < -0.4 is 5.32 Å². The van der Waals surface area contributed by atoms with Crippen molar-refractivity contribution >= 4 is 0 Å². The smallest absolute Gasteiger partial charge is 0.0883 e. The fourth-order valence-corrected chi connectivity index (χ4v) is 1.63. The van der Waals surface area contributed by atoms with Gasteiger partial charge in [0, 0.05) is 0 Å². The van der Waals surface area contributed by atoms with E-state index in [1.807, 2.05) is 24.4 Å². The van der Waals surface area contributed by atoms with Crippen LogP contribution >= 0.6 is 0 Å². The molecule has 2 N–H and O–H groups in total. The maximum absolute atomic E-state index is 9.89.